The molecule has 2 aromatic heterocycles. The summed E-state index contributed by atoms with van der Waals surface area (Å²) in [6, 6.07) is 6.10. The van der Waals surface area contributed by atoms with Crippen LogP contribution in [0.15, 0.2) is 57.7 Å². The van der Waals surface area contributed by atoms with Crippen molar-refractivity contribution >= 4 is 50.9 Å². The van der Waals surface area contributed by atoms with Gasteiger partial charge in [-0.1, -0.05) is 24.6 Å². The van der Waals surface area contributed by atoms with Crippen molar-refractivity contribution in [1.82, 2.24) is 24.6 Å². The van der Waals surface area contributed by atoms with Crippen molar-refractivity contribution in [3.05, 3.63) is 115 Å². The Bertz CT molecular complexity index is 2670. The Morgan fingerprint density at radius 2 is 1.75 bits per heavy atom. The number of fused-ring (bicyclic) bond motifs is 2. The van der Waals surface area contributed by atoms with Crippen LogP contribution in [0, 0.1) is 17.6 Å². The van der Waals surface area contributed by atoms with Gasteiger partial charge in [0.15, 0.2) is 0 Å². The van der Waals surface area contributed by atoms with Crippen molar-refractivity contribution < 1.29 is 57.3 Å². The first-order chi connectivity index (χ1) is 29.4. The van der Waals surface area contributed by atoms with Crippen molar-refractivity contribution in [2.24, 2.45) is 16.0 Å². The van der Waals surface area contributed by atoms with Crippen LogP contribution in [0.5, 0.6) is 0 Å². The highest BCUT2D eigenvalue weighted by Gasteiger charge is 2.51. The Labute approximate surface area is 357 Å². The second-order valence-corrected chi connectivity index (χ2v) is 16.0. The summed E-state index contributed by atoms with van der Waals surface area (Å²) < 4.78 is 173. The first kappa shape index (κ1) is 46.9. The Balaban J connectivity index is 1.62. The van der Waals surface area contributed by atoms with Crippen LogP contribution in [0.3, 0.4) is 0 Å². The zero-order chi connectivity index (χ0) is 46.3. The summed E-state index contributed by atoms with van der Waals surface area (Å²) in [5.41, 5.74) is 1.01. The molecule has 24 heteroatoms. The molecule has 0 spiro atoms. The Hall–Kier alpha value is -5.58. The number of aromatic nitrogens is 4. The summed E-state index contributed by atoms with van der Waals surface area (Å²) in [6.45, 7) is -1.17. The van der Waals surface area contributed by atoms with Crippen LogP contribution in [0.25, 0.3) is 16.6 Å². The molecular formula is C39H34ClF11N8O3S. The number of carbonyl (C=O) groups excluding carboxylic acids is 1. The van der Waals surface area contributed by atoms with Crippen LogP contribution in [0.2, 0.25) is 5.02 Å². The van der Waals surface area contributed by atoms with Crippen molar-refractivity contribution in [3.63, 3.8) is 0 Å². The van der Waals surface area contributed by atoms with Gasteiger partial charge in [0.25, 0.3) is 24.3 Å². The van der Waals surface area contributed by atoms with Crippen LogP contribution in [-0.4, -0.2) is 60.7 Å². The Morgan fingerprint density at radius 1 is 1.06 bits per heavy atom. The van der Waals surface area contributed by atoms with Crippen molar-refractivity contribution in [1.29, 1.82) is 0 Å². The average molecular weight is 939 g/mol. The summed E-state index contributed by atoms with van der Waals surface area (Å²) in [5.74, 6) is -9.80. The largest absolute Gasteiger partial charge is 0.389 e. The lowest BCUT2D eigenvalue weighted by Crippen LogP contribution is -2.38. The number of amidine groups is 1. The van der Waals surface area contributed by atoms with Crippen LogP contribution in [-0.2, 0) is 47.5 Å². The first-order valence-corrected chi connectivity index (χ1v) is 20.5. The van der Waals surface area contributed by atoms with Gasteiger partial charge in [-0.05, 0) is 60.4 Å². The minimum atomic E-state index is -4.59. The monoisotopic (exact) mass is 938 g/mol. The molecule has 2 heterocycles. The fourth-order valence-electron chi connectivity index (χ4n) is 7.30. The van der Waals surface area contributed by atoms with Gasteiger partial charge in [0.1, 0.15) is 52.2 Å². The molecule has 0 saturated carbocycles. The lowest BCUT2D eigenvalue weighted by atomic mass is 10.0. The molecule has 11 nitrogen and oxygen atoms in total. The van der Waals surface area contributed by atoms with E-state index in [2.05, 4.69) is 25.1 Å². The first-order valence-electron chi connectivity index (χ1n) is 18.6. The number of alkyl halides is 9. The molecule has 4 N–H and O–H groups in total. The highest BCUT2D eigenvalue weighted by Crippen LogP contribution is 2.48. The molecule has 63 heavy (non-hydrogen) atoms. The fourth-order valence-corrected chi connectivity index (χ4v) is 7.92. The van der Waals surface area contributed by atoms with E-state index in [1.54, 1.807) is 0 Å². The van der Waals surface area contributed by atoms with E-state index >= 15 is 8.78 Å². The number of nitrogens with zero attached hydrogens (tertiary/aromatic N) is 5. The number of hydrogen-bond donors (Lipinski definition) is 3. The van der Waals surface area contributed by atoms with Crippen LogP contribution >= 0.6 is 11.6 Å². The summed E-state index contributed by atoms with van der Waals surface area (Å²) in [5, 5.41) is 7.92. The SMILES string of the molecule is CC1Cc2c(C(F)F)nn(CC(=O)NC(Cc3cc(F)cc(F)c3)c3nc4cc(CCC(F)(F)F)ccc4c(=O)n3-c3ccc(Cl)c(/C(N)=N/S(C)=O)c3NCC(F)F)c2C1(F)F. The third kappa shape index (κ3) is 10.3. The molecule has 0 bridgehead atoms. The molecule has 0 radical (unpaired) electrons. The van der Waals surface area contributed by atoms with Crippen LogP contribution in [0.1, 0.15) is 65.3 Å². The van der Waals surface area contributed by atoms with Gasteiger partial charge < -0.3 is 16.4 Å². The molecule has 0 saturated heterocycles. The maximum Gasteiger partial charge on any atom is 0.389 e. The van der Waals surface area contributed by atoms with E-state index in [0.29, 0.717) is 10.7 Å². The number of aryl methyl sites for hydroxylation is 1. The van der Waals surface area contributed by atoms with Gasteiger partial charge >= 0.3 is 6.18 Å². The number of halogens is 12. The molecule has 1 amide bonds. The summed E-state index contributed by atoms with van der Waals surface area (Å²) in [7, 11) is -2.01. The van der Waals surface area contributed by atoms with Crippen molar-refractivity contribution in [2.45, 2.75) is 70.1 Å². The molecule has 1 aliphatic rings. The van der Waals surface area contributed by atoms with Crippen molar-refractivity contribution in [2.75, 3.05) is 18.1 Å². The lowest BCUT2D eigenvalue weighted by molar-refractivity contribution is -0.134. The number of benzene rings is 3. The summed E-state index contributed by atoms with van der Waals surface area (Å²) in [4.78, 5) is 33.3. The smallest absolute Gasteiger partial charge is 0.382 e. The molecule has 6 rings (SSSR count). The van der Waals surface area contributed by atoms with Crippen molar-refractivity contribution in [3.8, 4) is 5.69 Å². The van der Waals surface area contributed by atoms with Gasteiger partial charge in [0.05, 0.1) is 45.5 Å². The van der Waals surface area contributed by atoms with E-state index in [1.807, 2.05) is 0 Å². The van der Waals surface area contributed by atoms with Gasteiger partial charge in [-0.2, -0.15) is 31.4 Å². The maximum absolute atomic E-state index is 15.4. The summed E-state index contributed by atoms with van der Waals surface area (Å²) in [6.07, 6.45) is -12.9. The molecule has 3 aromatic carbocycles. The van der Waals surface area contributed by atoms with E-state index in [4.69, 9.17) is 17.3 Å². The standard InChI is InChI=1S/C39H34ClF11N8O3S/c1-17-9-23-31(34(45)46)56-58(33(23)39(17,50)51)16-29(60)54-26(13-19-10-20(41)14-21(42)11-19)36-55-25-12-18(7-8-38(47,48)49)3-4-22(25)37(61)59(36)27-6-5-24(40)30(35(52)57-63(2)62)32(27)53-15-28(43)44/h3-6,10-12,14,17,26,28,34,53H,7-9,13,15-16H2,1-2H3,(H2,52,57)(H,54,60). The zero-order valence-electron chi connectivity index (χ0n) is 32.7. The Morgan fingerprint density at radius 3 is 2.37 bits per heavy atom. The second-order valence-electron chi connectivity index (χ2n) is 14.6. The molecule has 338 valence electrons. The lowest BCUT2D eigenvalue weighted by Gasteiger charge is -2.26. The van der Waals surface area contributed by atoms with E-state index < -0.39 is 150 Å². The molecular weight excluding hydrogens is 905 g/mol. The van der Waals surface area contributed by atoms with Gasteiger partial charge in [0, 0.05) is 36.6 Å². The number of hydrogen-bond acceptors (Lipinski definition) is 6. The number of anilines is 1. The number of nitrogens with one attached hydrogen (secondary N) is 2. The molecule has 0 fully saturated rings. The maximum atomic E-state index is 15.4. The second kappa shape index (κ2) is 18.3. The third-order valence-corrected chi connectivity index (χ3v) is 10.8. The highest BCUT2D eigenvalue weighted by atomic mass is 35.5. The normalized spacial score (nSPS) is 16.2. The van der Waals surface area contributed by atoms with E-state index in [1.165, 1.54) is 6.07 Å². The number of rotatable bonds is 15. The minimum Gasteiger partial charge on any atom is -0.382 e. The quantitative estimate of drug-likeness (QED) is 0.0547. The molecule has 3 atom stereocenters. The van der Waals surface area contributed by atoms with Gasteiger partial charge in [-0.15, -0.1) is 0 Å². The van der Waals surface area contributed by atoms with E-state index in [-0.39, 0.29) is 32.6 Å². The van der Waals surface area contributed by atoms with Crippen LogP contribution in [0.4, 0.5) is 54.0 Å². The average Bonchev–Trinajstić information content (AvgIpc) is 3.64. The predicted molar refractivity (Wildman–Crippen MR) is 211 cm³/mol. The van der Waals surface area contributed by atoms with Gasteiger partial charge in [-0.25, -0.2) is 35.5 Å². The van der Waals surface area contributed by atoms with E-state index in [0.717, 1.165) is 54.1 Å². The Kier molecular flexibility index (Phi) is 13.6. The number of carbonyl (C=O) groups is 1. The number of amides is 1. The molecule has 3 unspecified atom stereocenters. The minimum absolute atomic E-state index is 0.0327. The number of nitrogens with two attached hydrogens (primary N) is 1. The van der Waals surface area contributed by atoms with Gasteiger partial charge in [0.2, 0.25) is 5.91 Å². The van der Waals surface area contributed by atoms with Gasteiger partial charge in [-0.3, -0.25) is 18.8 Å². The fraction of sp³-hybridized carbons (Fsp3) is 0.359. The van der Waals surface area contributed by atoms with E-state index in [9.17, 15) is 53.3 Å². The highest BCUT2D eigenvalue weighted by molar-refractivity contribution is 7.83. The molecule has 1 aliphatic carbocycles. The third-order valence-electron chi connectivity index (χ3n) is 9.98. The summed E-state index contributed by atoms with van der Waals surface area (Å²) >= 11 is 6.47. The topological polar surface area (TPSA) is 149 Å². The molecule has 5 aromatic rings. The zero-order valence-corrected chi connectivity index (χ0v) is 34.2. The predicted octanol–water partition coefficient (Wildman–Crippen LogP) is 8.01. The molecule has 0 aliphatic heterocycles. The van der Waals surface area contributed by atoms with Crippen LogP contribution < -0.4 is 21.9 Å².